The summed E-state index contributed by atoms with van der Waals surface area (Å²) < 4.78 is 0. The standard InChI is InChI=1S/C16H19NOS/c1-4-14-10-15(19-12(14)2)16(18)17(3)11-13-8-6-5-7-9-13/h5-10H,4,11H2,1-3H3. The summed E-state index contributed by atoms with van der Waals surface area (Å²) in [6.07, 6.45) is 0.984. The summed E-state index contributed by atoms with van der Waals surface area (Å²) in [5.74, 6) is 0.108. The van der Waals surface area contributed by atoms with Gasteiger partial charge in [0.2, 0.25) is 0 Å². The van der Waals surface area contributed by atoms with Crippen LogP contribution in [0, 0.1) is 6.92 Å². The largest absolute Gasteiger partial charge is 0.337 e. The van der Waals surface area contributed by atoms with Gasteiger partial charge >= 0.3 is 0 Å². The second-order valence-corrected chi connectivity index (χ2v) is 5.95. The van der Waals surface area contributed by atoms with E-state index in [-0.39, 0.29) is 5.91 Å². The highest BCUT2D eigenvalue weighted by Crippen LogP contribution is 2.23. The second kappa shape index (κ2) is 6.02. The van der Waals surface area contributed by atoms with Crippen molar-refractivity contribution >= 4 is 17.2 Å². The quantitative estimate of drug-likeness (QED) is 0.827. The Balaban J connectivity index is 2.10. The molecule has 100 valence electrons. The predicted molar refractivity (Wildman–Crippen MR) is 80.7 cm³/mol. The Morgan fingerprint density at radius 1 is 1.26 bits per heavy atom. The smallest absolute Gasteiger partial charge is 0.263 e. The third-order valence-electron chi connectivity index (χ3n) is 3.22. The fourth-order valence-electron chi connectivity index (χ4n) is 2.09. The molecule has 0 saturated carbocycles. The molecule has 2 rings (SSSR count). The van der Waals surface area contributed by atoms with Crippen LogP contribution in [0.3, 0.4) is 0 Å². The molecule has 0 saturated heterocycles. The highest BCUT2D eigenvalue weighted by Gasteiger charge is 2.15. The fraction of sp³-hybridized carbons (Fsp3) is 0.312. The number of hydrogen-bond donors (Lipinski definition) is 0. The number of thiophene rings is 1. The molecule has 0 atom stereocenters. The molecular weight excluding hydrogens is 254 g/mol. The predicted octanol–water partition coefficient (Wildman–Crippen LogP) is 3.89. The van der Waals surface area contributed by atoms with Crippen molar-refractivity contribution in [1.29, 1.82) is 0 Å². The first-order valence-electron chi connectivity index (χ1n) is 6.50. The zero-order chi connectivity index (χ0) is 13.8. The Hall–Kier alpha value is -1.61. The molecule has 0 aliphatic rings. The van der Waals surface area contributed by atoms with Crippen LogP contribution in [0.4, 0.5) is 0 Å². The van der Waals surface area contributed by atoms with Gasteiger partial charge in [0.25, 0.3) is 5.91 Å². The van der Waals surface area contributed by atoms with Gasteiger partial charge in [-0.1, -0.05) is 37.3 Å². The van der Waals surface area contributed by atoms with Crippen molar-refractivity contribution in [2.45, 2.75) is 26.8 Å². The lowest BCUT2D eigenvalue weighted by molar-refractivity contribution is 0.0790. The SMILES string of the molecule is CCc1cc(C(=O)N(C)Cc2ccccc2)sc1C. The maximum atomic E-state index is 12.4. The van der Waals surface area contributed by atoms with Crippen molar-refractivity contribution in [3.05, 3.63) is 57.3 Å². The van der Waals surface area contributed by atoms with E-state index in [4.69, 9.17) is 0 Å². The molecule has 0 spiro atoms. The third kappa shape index (κ3) is 3.24. The molecule has 0 radical (unpaired) electrons. The van der Waals surface area contributed by atoms with E-state index in [1.807, 2.05) is 43.4 Å². The van der Waals surface area contributed by atoms with E-state index in [1.54, 1.807) is 16.2 Å². The molecule has 1 heterocycles. The normalized spacial score (nSPS) is 10.5. The van der Waals surface area contributed by atoms with E-state index in [0.29, 0.717) is 6.54 Å². The Labute approximate surface area is 118 Å². The number of nitrogens with zero attached hydrogens (tertiary/aromatic N) is 1. The number of aryl methyl sites for hydroxylation is 2. The lowest BCUT2D eigenvalue weighted by atomic mass is 10.2. The molecule has 19 heavy (non-hydrogen) atoms. The van der Waals surface area contributed by atoms with Gasteiger partial charge in [-0.05, 0) is 30.5 Å². The van der Waals surface area contributed by atoms with Crippen LogP contribution in [-0.2, 0) is 13.0 Å². The first-order chi connectivity index (χ1) is 9.11. The molecule has 0 unspecified atom stereocenters. The molecule has 1 aromatic heterocycles. The number of carbonyl (C=O) groups is 1. The average Bonchev–Trinajstić information content (AvgIpc) is 2.80. The zero-order valence-corrected chi connectivity index (χ0v) is 12.5. The highest BCUT2D eigenvalue weighted by molar-refractivity contribution is 7.14. The minimum Gasteiger partial charge on any atom is -0.337 e. The lowest BCUT2D eigenvalue weighted by Gasteiger charge is -2.16. The van der Waals surface area contributed by atoms with Gasteiger partial charge in [-0.3, -0.25) is 4.79 Å². The van der Waals surface area contributed by atoms with Crippen molar-refractivity contribution < 1.29 is 4.79 Å². The van der Waals surface area contributed by atoms with Gasteiger partial charge in [0.05, 0.1) is 4.88 Å². The zero-order valence-electron chi connectivity index (χ0n) is 11.6. The van der Waals surface area contributed by atoms with Crippen LogP contribution in [0.1, 0.15) is 32.6 Å². The molecule has 0 bridgehead atoms. The molecule has 0 N–H and O–H groups in total. The van der Waals surface area contributed by atoms with Crippen LogP contribution in [0.15, 0.2) is 36.4 Å². The summed E-state index contributed by atoms with van der Waals surface area (Å²) in [5, 5.41) is 0. The summed E-state index contributed by atoms with van der Waals surface area (Å²) in [4.78, 5) is 16.2. The molecule has 2 nitrogen and oxygen atoms in total. The van der Waals surface area contributed by atoms with E-state index >= 15 is 0 Å². The van der Waals surface area contributed by atoms with Crippen LogP contribution >= 0.6 is 11.3 Å². The Morgan fingerprint density at radius 2 is 1.95 bits per heavy atom. The van der Waals surface area contributed by atoms with E-state index in [1.165, 1.54) is 10.4 Å². The third-order valence-corrected chi connectivity index (χ3v) is 4.30. The fourth-order valence-corrected chi connectivity index (χ4v) is 3.20. The summed E-state index contributed by atoms with van der Waals surface area (Å²) in [7, 11) is 1.86. The first kappa shape index (κ1) is 13.8. The molecule has 2 aromatic rings. The van der Waals surface area contributed by atoms with Crippen LogP contribution in [-0.4, -0.2) is 17.9 Å². The number of carbonyl (C=O) groups excluding carboxylic acids is 1. The molecule has 1 amide bonds. The van der Waals surface area contributed by atoms with Crippen molar-refractivity contribution in [3.8, 4) is 0 Å². The van der Waals surface area contributed by atoms with Gasteiger partial charge in [-0.15, -0.1) is 11.3 Å². The minimum absolute atomic E-state index is 0.108. The Morgan fingerprint density at radius 3 is 2.53 bits per heavy atom. The summed E-state index contributed by atoms with van der Waals surface area (Å²) in [6.45, 7) is 4.85. The molecule has 0 aliphatic heterocycles. The molecule has 0 fully saturated rings. The Kier molecular flexibility index (Phi) is 4.38. The number of amides is 1. The van der Waals surface area contributed by atoms with Crippen LogP contribution in [0.5, 0.6) is 0 Å². The van der Waals surface area contributed by atoms with Gasteiger partial charge in [0.15, 0.2) is 0 Å². The first-order valence-corrected chi connectivity index (χ1v) is 7.32. The van der Waals surface area contributed by atoms with E-state index in [0.717, 1.165) is 16.9 Å². The summed E-state index contributed by atoms with van der Waals surface area (Å²) >= 11 is 1.59. The number of rotatable bonds is 4. The summed E-state index contributed by atoms with van der Waals surface area (Å²) in [5.41, 5.74) is 2.43. The van der Waals surface area contributed by atoms with Crippen molar-refractivity contribution in [3.63, 3.8) is 0 Å². The van der Waals surface area contributed by atoms with Crippen LogP contribution in [0.2, 0.25) is 0 Å². The molecule has 1 aromatic carbocycles. The van der Waals surface area contributed by atoms with Crippen molar-refractivity contribution in [1.82, 2.24) is 4.90 Å². The van der Waals surface area contributed by atoms with Crippen LogP contribution in [0.25, 0.3) is 0 Å². The minimum atomic E-state index is 0.108. The maximum absolute atomic E-state index is 12.4. The van der Waals surface area contributed by atoms with Crippen molar-refractivity contribution in [2.24, 2.45) is 0 Å². The monoisotopic (exact) mass is 273 g/mol. The second-order valence-electron chi connectivity index (χ2n) is 4.69. The highest BCUT2D eigenvalue weighted by atomic mass is 32.1. The molecule has 3 heteroatoms. The van der Waals surface area contributed by atoms with Crippen LogP contribution < -0.4 is 0 Å². The van der Waals surface area contributed by atoms with Gasteiger partial charge in [0, 0.05) is 18.5 Å². The summed E-state index contributed by atoms with van der Waals surface area (Å²) in [6, 6.07) is 12.1. The van der Waals surface area contributed by atoms with Gasteiger partial charge < -0.3 is 4.90 Å². The maximum Gasteiger partial charge on any atom is 0.263 e. The van der Waals surface area contributed by atoms with E-state index < -0.39 is 0 Å². The van der Waals surface area contributed by atoms with E-state index in [2.05, 4.69) is 13.8 Å². The molecular formula is C16H19NOS. The number of benzene rings is 1. The number of hydrogen-bond acceptors (Lipinski definition) is 2. The van der Waals surface area contributed by atoms with Gasteiger partial charge in [-0.2, -0.15) is 0 Å². The van der Waals surface area contributed by atoms with Gasteiger partial charge in [0.1, 0.15) is 0 Å². The molecule has 0 aliphatic carbocycles. The van der Waals surface area contributed by atoms with Crippen molar-refractivity contribution in [2.75, 3.05) is 7.05 Å². The van der Waals surface area contributed by atoms with E-state index in [9.17, 15) is 4.79 Å². The topological polar surface area (TPSA) is 20.3 Å². The average molecular weight is 273 g/mol. The lowest BCUT2D eigenvalue weighted by Crippen LogP contribution is -2.25. The Bertz CT molecular complexity index is 559. The van der Waals surface area contributed by atoms with Gasteiger partial charge in [-0.25, -0.2) is 0 Å².